The van der Waals surface area contributed by atoms with Gasteiger partial charge in [0.2, 0.25) is 0 Å². The van der Waals surface area contributed by atoms with Gasteiger partial charge in [0.05, 0.1) is 0 Å². The van der Waals surface area contributed by atoms with Crippen molar-refractivity contribution in [1.82, 2.24) is 0 Å². The van der Waals surface area contributed by atoms with Crippen molar-refractivity contribution in [2.75, 3.05) is 0 Å². The topological polar surface area (TPSA) is 0 Å². The standard InChI is InChI=1S/C6H12.Ni/c1-2-4-6-5-3-1;/h1-6H2;/q;+2. The minimum absolute atomic E-state index is 0. The average molecular weight is 143 g/mol. The first-order valence-electron chi connectivity index (χ1n) is 3.00. The van der Waals surface area contributed by atoms with E-state index in [1.807, 2.05) is 0 Å². The quantitative estimate of drug-likeness (QED) is 0.456. The van der Waals surface area contributed by atoms with Crippen molar-refractivity contribution in [2.24, 2.45) is 0 Å². The smallest absolute Gasteiger partial charge is 0.0533 e. The van der Waals surface area contributed by atoms with Crippen LogP contribution in [0, 0.1) is 0 Å². The van der Waals surface area contributed by atoms with Crippen LogP contribution in [0.5, 0.6) is 0 Å². The molecule has 0 bridgehead atoms. The fourth-order valence-electron chi connectivity index (χ4n) is 1.06. The molecule has 0 aromatic rings. The summed E-state index contributed by atoms with van der Waals surface area (Å²) < 4.78 is 0. The van der Waals surface area contributed by atoms with E-state index in [2.05, 4.69) is 0 Å². The molecule has 0 N–H and O–H groups in total. The van der Waals surface area contributed by atoms with Gasteiger partial charge in [-0.1, -0.05) is 38.5 Å². The van der Waals surface area contributed by atoms with E-state index in [1.54, 1.807) is 0 Å². The van der Waals surface area contributed by atoms with Crippen molar-refractivity contribution < 1.29 is 16.5 Å². The summed E-state index contributed by atoms with van der Waals surface area (Å²) in [6, 6.07) is 0. The minimum atomic E-state index is 0. The van der Waals surface area contributed by atoms with E-state index in [-0.39, 0.29) is 16.5 Å². The summed E-state index contributed by atoms with van der Waals surface area (Å²) in [5.74, 6) is 0. The van der Waals surface area contributed by atoms with Crippen molar-refractivity contribution in [3.63, 3.8) is 0 Å². The zero-order chi connectivity index (χ0) is 4.24. The summed E-state index contributed by atoms with van der Waals surface area (Å²) in [5.41, 5.74) is 0. The molecule has 0 aliphatic heterocycles. The summed E-state index contributed by atoms with van der Waals surface area (Å²) in [4.78, 5) is 0. The van der Waals surface area contributed by atoms with Gasteiger partial charge < -0.3 is 0 Å². The van der Waals surface area contributed by atoms with Crippen LogP contribution in [-0.4, -0.2) is 0 Å². The van der Waals surface area contributed by atoms with Crippen LogP contribution in [0.1, 0.15) is 38.5 Å². The molecule has 0 atom stereocenters. The Balaban J connectivity index is 0.000000360. The summed E-state index contributed by atoms with van der Waals surface area (Å²) >= 11 is 0. The van der Waals surface area contributed by atoms with Crippen molar-refractivity contribution in [1.29, 1.82) is 0 Å². The molecule has 1 heteroatoms. The Kier molecular flexibility index (Phi) is 4.98. The Morgan fingerprint density at radius 1 is 0.429 bits per heavy atom. The largest absolute Gasteiger partial charge is 2.00 e. The summed E-state index contributed by atoms with van der Waals surface area (Å²) in [6.45, 7) is 0. The van der Waals surface area contributed by atoms with Gasteiger partial charge in [-0.2, -0.15) is 0 Å². The molecule has 1 aliphatic rings. The third kappa shape index (κ3) is 3.11. The molecule has 0 aromatic heterocycles. The van der Waals surface area contributed by atoms with E-state index in [0.29, 0.717) is 0 Å². The maximum Gasteiger partial charge on any atom is 2.00 e. The number of rotatable bonds is 0. The minimum Gasteiger partial charge on any atom is -0.0533 e. The molecule has 0 spiro atoms. The van der Waals surface area contributed by atoms with E-state index < -0.39 is 0 Å². The van der Waals surface area contributed by atoms with Gasteiger partial charge in [0.1, 0.15) is 0 Å². The third-order valence-electron chi connectivity index (χ3n) is 1.50. The first kappa shape index (κ1) is 7.49. The number of hydrogen-bond donors (Lipinski definition) is 0. The summed E-state index contributed by atoms with van der Waals surface area (Å²) in [6.07, 6.45) is 9.00. The maximum atomic E-state index is 1.50. The molecule has 0 aromatic carbocycles. The molecule has 0 unspecified atom stereocenters. The summed E-state index contributed by atoms with van der Waals surface area (Å²) in [5, 5.41) is 0. The third-order valence-corrected chi connectivity index (χ3v) is 1.50. The van der Waals surface area contributed by atoms with E-state index in [4.69, 9.17) is 0 Å². The molecule has 1 saturated carbocycles. The molecule has 0 heterocycles. The van der Waals surface area contributed by atoms with Crippen LogP contribution < -0.4 is 0 Å². The Morgan fingerprint density at radius 3 is 0.714 bits per heavy atom. The van der Waals surface area contributed by atoms with Gasteiger partial charge in [-0.25, -0.2) is 0 Å². The van der Waals surface area contributed by atoms with E-state index >= 15 is 0 Å². The van der Waals surface area contributed by atoms with Crippen molar-refractivity contribution in [3.05, 3.63) is 0 Å². The second-order valence-electron chi connectivity index (χ2n) is 2.12. The normalized spacial score (nSPS) is 20.6. The van der Waals surface area contributed by atoms with Crippen molar-refractivity contribution >= 4 is 0 Å². The van der Waals surface area contributed by atoms with Crippen LogP contribution in [0.3, 0.4) is 0 Å². The monoisotopic (exact) mass is 142 g/mol. The molecular weight excluding hydrogens is 131 g/mol. The summed E-state index contributed by atoms with van der Waals surface area (Å²) in [7, 11) is 0. The van der Waals surface area contributed by atoms with Gasteiger partial charge in [-0.05, 0) is 0 Å². The Hall–Kier alpha value is 0.494. The van der Waals surface area contributed by atoms with E-state index in [0.717, 1.165) is 0 Å². The van der Waals surface area contributed by atoms with Gasteiger partial charge in [0, 0.05) is 0 Å². The molecule has 0 amide bonds. The fourth-order valence-corrected chi connectivity index (χ4v) is 1.06. The van der Waals surface area contributed by atoms with E-state index in [1.165, 1.54) is 38.5 Å². The molecule has 0 radical (unpaired) electrons. The van der Waals surface area contributed by atoms with Gasteiger partial charge in [-0.15, -0.1) is 0 Å². The molecule has 44 valence electrons. The van der Waals surface area contributed by atoms with E-state index in [9.17, 15) is 0 Å². The Morgan fingerprint density at radius 2 is 0.571 bits per heavy atom. The molecule has 7 heavy (non-hydrogen) atoms. The van der Waals surface area contributed by atoms with Crippen molar-refractivity contribution in [2.45, 2.75) is 38.5 Å². The first-order chi connectivity index (χ1) is 3.00. The Labute approximate surface area is 55.6 Å². The van der Waals surface area contributed by atoms with Crippen LogP contribution in [0.25, 0.3) is 0 Å². The maximum absolute atomic E-state index is 1.50. The molecule has 0 nitrogen and oxygen atoms in total. The van der Waals surface area contributed by atoms with Crippen LogP contribution in [0.2, 0.25) is 0 Å². The second-order valence-corrected chi connectivity index (χ2v) is 2.12. The van der Waals surface area contributed by atoms with Crippen LogP contribution in [-0.2, 0) is 16.5 Å². The van der Waals surface area contributed by atoms with Gasteiger partial charge in [-0.3, -0.25) is 0 Å². The van der Waals surface area contributed by atoms with Gasteiger partial charge in [0.15, 0.2) is 0 Å². The van der Waals surface area contributed by atoms with Crippen LogP contribution >= 0.6 is 0 Å². The molecule has 0 saturated heterocycles. The molecule has 1 fully saturated rings. The molecular formula is C6H12Ni+2. The zero-order valence-corrected chi connectivity index (χ0v) is 5.55. The van der Waals surface area contributed by atoms with Crippen LogP contribution in [0.4, 0.5) is 0 Å². The predicted octanol–water partition coefficient (Wildman–Crippen LogP) is 2.34. The van der Waals surface area contributed by atoms with Crippen molar-refractivity contribution in [3.8, 4) is 0 Å². The van der Waals surface area contributed by atoms with Crippen LogP contribution in [0.15, 0.2) is 0 Å². The first-order valence-corrected chi connectivity index (χ1v) is 3.00. The zero-order valence-electron chi connectivity index (χ0n) is 4.56. The second kappa shape index (κ2) is 4.65. The average Bonchev–Trinajstić information content (AvgIpc) is 1.72. The molecule has 1 aliphatic carbocycles. The Bertz CT molecular complexity index is 19.7. The fraction of sp³-hybridized carbons (Fsp3) is 1.00. The molecule has 1 rings (SSSR count). The van der Waals surface area contributed by atoms with Gasteiger partial charge >= 0.3 is 16.5 Å². The van der Waals surface area contributed by atoms with Gasteiger partial charge in [0.25, 0.3) is 0 Å². The SMILES string of the molecule is C1CCCCC1.[Ni+2]. The number of hydrogen-bond acceptors (Lipinski definition) is 0. The predicted molar refractivity (Wildman–Crippen MR) is 27.7 cm³/mol.